The third-order valence-corrected chi connectivity index (χ3v) is 2.93. The molecule has 0 spiro atoms. The van der Waals surface area contributed by atoms with Crippen molar-refractivity contribution in [1.82, 2.24) is 20.3 Å². The minimum atomic E-state index is 0.428. The van der Waals surface area contributed by atoms with Crippen molar-refractivity contribution in [3.05, 3.63) is 60.2 Å². The predicted octanol–water partition coefficient (Wildman–Crippen LogP) is 2.31. The second-order valence-corrected chi connectivity index (χ2v) is 4.37. The maximum Gasteiger partial charge on any atom is 0.269 e. The number of aromatic nitrogens is 4. The van der Waals surface area contributed by atoms with Crippen LogP contribution in [0.15, 0.2) is 59.7 Å². The van der Waals surface area contributed by atoms with E-state index in [0.717, 1.165) is 17.0 Å². The van der Waals surface area contributed by atoms with Crippen molar-refractivity contribution < 1.29 is 4.74 Å². The molecule has 0 saturated carbocycles. The van der Waals surface area contributed by atoms with Gasteiger partial charge < -0.3 is 10.1 Å². The van der Waals surface area contributed by atoms with E-state index in [2.05, 4.69) is 25.9 Å². The molecule has 0 saturated heterocycles. The Balaban J connectivity index is 1.82. The van der Waals surface area contributed by atoms with Crippen LogP contribution in [0.4, 0.5) is 11.6 Å². The zero-order valence-electron chi connectivity index (χ0n) is 11.9. The number of rotatable bonds is 5. The lowest BCUT2D eigenvalue weighted by Crippen LogP contribution is -2.01. The van der Waals surface area contributed by atoms with Crippen molar-refractivity contribution in [3.8, 4) is 5.75 Å². The van der Waals surface area contributed by atoms with Gasteiger partial charge in [-0.15, -0.1) is 0 Å². The van der Waals surface area contributed by atoms with Crippen molar-refractivity contribution in [2.24, 2.45) is 5.10 Å². The third kappa shape index (κ3) is 3.09. The summed E-state index contributed by atoms with van der Waals surface area (Å²) < 4.78 is 5.27. The molecule has 1 N–H and O–H groups in total. The van der Waals surface area contributed by atoms with E-state index in [4.69, 9.17) is 4.74 Å². The van der Waals surface area contributed by atoms with E-state index in [1.807, 2.05) is 54.6 Å². The minimum absolute atomic E-state index is 0.428. The first-order chi connectivity index (χ1) is 10.9. The number of nitrogens with one attached hydrogen (secondary N) is 1. The van der Waals surface area contributed by atoms with E-state index in [1.54, 1.807) is 13.3 Å². The van der Waals surface area contributed by atoms with Crippen molar-refractivity contribution in [2.45, 2.75) is 0 Å². The van der Waals surface area contributed by atoms with Crippen molar-refractivity contribution in [1.29, 1.82) is 0 Å². The molecule has 7 heteroatoms. The first-order valence-electron chi connectivity index (χ1n) is 6.64. The largest absolute Gasteiger partial charge is 0.496 e. The average Bonchev–Trinajstić information content (AvgIpc) is 3.01. The van der Waals surface area contributed by atoms with Gasteiger partial charge >= 0.3 is 0 Å². The molecule has 0 atom stereocenters. The van der Waals surface area contributed by atoms with Crippen LogP contribution in [0.3, 0.4) is 0 Å². The molecule has 0 unspecified atom stereocenters. The van der Waals surface area contributed by atoms with Crippen LogP contribution in [0, 0.1) is 0 Å². The van der Waals surface area contributed by atoms with Gasteiger partial charge in [-0.25, -0.2) is 0 Å². The lowest BCUT2D eigenvalue weighted by atomic mass is 10.2. The summed E-state index contributed by atoms with van der Waals surface area (Å²) in [7, 11) is 1.62. The Bertz CT molecular complexity index is 768. The second kappa shape index (κ2) is 6.49. The van der Waals surface area contributed by atoms with Gasteiger partial charge in [0.2, 0.25) is 0 Å². The van der Waals surface area contributed by atoms with E-state index in [0.29, 0.717) is 5.95 Å². The van der Waals surface area contributed by atoms with Crippen LogP contribution in [0.2, 0.25) is 0 Å². The molecule has 0 bridgehead atoms. The highest BCUT2D eigenvalue weighted by atomic mass is 16.5. The van der Waals surface area contributed by atoms with Gasteiger partial charge in [0.05, 0.1) is 13.3 Å². The number of tetrazole rings is 1. The van der Waals surface area contributed by atoms with Crippen molar-refractivity contribution in [2.75, 3.05) is 12.4 Å². The van der Waals surface area contributed by atoms with E-state index >= 15 is 0 Å². The Morgan fingerprint density at radius 1 is 1.09 bits per heavy atom. The zero-order valence-corrected chi connectivity index (χ0v) is 11.9. The van der Waals surface area contributed by atoms with E-state index in [1.165, 1.54) is 4.79 Å². The van der Waals surface area contributed by atoms with Crippen LogP contribution >= 0.6 is 0 Å². The highest BCUT2D eigenvalue weighted by molar-refractivity contribution is 5.83. The molecule has 3 aromatic rings. The summed E-state index contributed by atoms with van der Waals surface area (Å²) in [6.45, 7) is 0. The van der Waals surface area contributed by atoms with Crippen molar-refractivity contribution in [3.63, 3.8) is 0 Å². The number of ether oxygens (including phenoxy) is 1. The number of hydrogen-bond donors (Lipinski definition) is 1. The van der Waals surface area contributed by atoms with Crippen LogP contribution in [0.25, 0.3) is 0 Å². The Labute approximate surface area is 127 Å². The van der Waals surface area contributed by atoms with Crippen LogP contribution in [-0.2, 0) is 0 Å². The Hall–Kier alpha value is -3.22. The average molecular weight is 294 g/mol. The number of benzene rings is 2. The summed E-state index contributed by atoms with van der Waals surface area (Å²) in [4.78, 5) is 1.32. The van der Waals surface area contributed by atoms with Gasteiger partial charge in [-0.2, -0.15) is 5.10 Å². The molecule has 0 radical (unpaired) electrons. The van der Waals surface area contributed by atoms with Crippen LogP contribution in [0.1, 0.15) is 5.56 Å². The topological polar surface area (TPSA) is 77.2 Å². The monoisotopic (exact) mass is 294 g/mol. The predicted molar refractivity (Wildman–Crippen MR) is 83.5 cm³/mol. The SMILES string of the molecule is COc1ccccc1C=Nn1nnnc1Nc1ccccc1. The Morgan fingerprint density at radius 3 is 2.68 bits per heavy atom. The molecule has 0 aliphatic carbocycles. The second-order valence-electron chi connectivity index (χ2n) is 4.37. The van der Waals surface area contributed by atoms with Crippen LogP contribution in [0.5, 0.6) is 5.75 Å². The van der Waals surface area contributed by atoms with Crippen LogP contribution in [-0.4, -0.2) is 33.6 Å². The molecular formula is C15H14N6O. The number of hydrogen-bond acceptors (Lipinski definition) is 6. The smallest absolute Gasteiger partial charge is 0.269 e. The summed E-state index contributed by atoms with van der Waals surface area (Å²) in [6, 6.07) is 17.2. The molecule has 0 amide bonds. The summed E-state index contributed by atoms with van der Waals surface area (Å²) in [5, 5.41) is 18.7. The van der Waals surface area contributed by atoms with Crippen molar-refractivity contribution >= 4 is 17.9 Å². The van der Waals surface area contributed by atoms with Crippen LogP contribution < -0.4 is 10.1 Å². The number of anilines is 2. The fraction of sp³-hybridized carbons (Fsp3) is 0.0667. The Morgan fingerprint density at radius 2 is 1.86 bits per heavy atom. The zero-order chi connectivity index (χ0) is 15.2. The molecule has 2 aromatic carbocycles. The molecule has 1 aromatic heterocycles. The van der Waals surface area contributed by atoms with E-state index < -0.39 is 0 Å². The summed E-state index contributed by atoms with van der Waals surface area (Å²) >= 11 is 0. The molecule has 7 nitrogen and oxygen atoms in total. The van der Waals surface area contributed by atoms with Gasteiger partial charge in [0.25, 0.3) is 5.95 Å². The lowest BCUT2D eigenvalue weighted by Gasteiger charge is -2.04. The third-order valence-electron chi connectivity index (χ3n) is 2.93. The van der Waals surface area contributed by atoms with Gasteiger partial charge in [0.1, 0.15) is 5.75 Å². The van der Waals surface area contributed by atoms with E-state index in [9.17, 15) is 0 Å². The van der Waals surface area contributed by atoms with E-state index in [-0.39, 0.29) is 0 Å². The van der Waals surface area contributed by atoms with Gasteiger partial charge in [-0.05, 0) is 34.7 Å². The highest BCUT2D eigenvalue weighted by Crippen LogP contribution is 2.15. The standard InChI is InChI=1S/C15H14N6O/c1-22-14-10-6-5-7-12(14)11-16-21-15(18-19-20-21)17-13-8-3-2-4-9-13/h2-11H,1H3,(H,17,18,20). The summed E-state index contributed by atoms with van der Waals surface area (Å²) in [6.07, 6.45) is 1.64. The fourth-order valence-electron chi connectivity index (χ4n) is 1.88. The molecule has 3 rings (SSSR count). The number of para-hydroxylation sites is 2. The Kier molecular flexibility index (Phi) is 4.05. The number of nitrogens with zero attached hydrogens (tertiary/aromatic N) is 5. The maximum atomic E-state index is 5.27. The molecule has 0 aliphatic heterocycles. The minimum Gasteiger partial charge on any atom is -0.496 e. The van der Waals surface area contributed by atoms with Gasteiger partial charge in [-0.1, -0.05) is 40.2 Å². The maximum absolute atomic E-state index is 5.27. The molecule has 22 heavy (non-hydrogen) atoms. The first-order valence-corrected chi connectivity index (χ1v) is 6.64. The van der Waals surface area contributed by atoms with Gasteiger partial charge in [-0.3, -0.25) is 0 Å². The molecule has 1 heterocycles. The summed E-state index contributed by atoms with van der Waals surface area (Å²) in [5.74, 6) is 1.16. The highest BCUT2D eigenvalue weighted by Gasteiger charge is 2.05. The lowest BCUT2D eigenvalue weighted by molar-refractivity contribution is 0.414. The molecular weight excluding hydrogens is 280 g/mol. The quantitative estimate of drug-likeness (QED) is 0.731. The normalized spacial score (nSPS) is 10.8. The molecule has 0 aliphatic rings. The molecule has 0 fully saturated rings. The molecule has 110 valence electrons. The first kappa shape index (κ1) is 13.7. The summed E-state index contributed by atoms with van der Waals surface area (Å²) in [5.41, 5.74) is 1.72. The van der Waals surface area contributed by atoms with Gasteiger partial charge in [0, 0.05) is 11.3 Å². The number of methoxy groups -OCH3 is 1. The van der Waals surface area contributed by atoms with Gasteiger partial charge in [0.15, 0.2) is 0 Å². The fourth-order valence-corrected chi connectivity index (χ4v) is 1.88.